The van der Waals surface area contributed by atoms with Crippen molar-refractivity contribution < 1.29 is 13.3 Å². The van der Waals surface area contributed by atoms with Gasteiger partial charge in [0.15, 0.2) is 4.90 Å². The van der Waals surface area contributed by atoms with E-state index in [2.05, 4.69) is 10.1 Å². The number of nitro benzene ring substituents is 1. The first-order valence-electron chi connectivity index (χ1n) is 5.59. The second-order valence-electron chi connectivity index (χ2n) is 3.98. The summed E-state index contributed by atoms with van der Waals surface area (Å²) in [6, 6.07) is 3.59. The molecule has 4 N–H and O–H groups in total. The number of nitro groups is 1. The van der Waals surface area contributed by atoms with Crippen LogP contribution in [0.15, 0.2) is 23.1 Å². The molecule has 1 unspecified atom stereocenters. The molecule has 0 radical (unpaired) electrons. The van der Waals surface area contributed by atoms with Gasteiger partial charge < -0.3 is 5.43 Å². The zero-order valence-corrected chi connectivity index (χ0v) is 12.6. The maximum absolute atomic E-state index is 12.1. The van der Waals surface area contributed by atoms with Crippen LogP contribution in [0.2, 0.25) is 0 Å². The minimum absolute atomic E-state index is 0.0637. The smallest absolute Gasteiger partial charge is 0.291 e. The Labute approximate surface area is 121 Å². The molecule has 0 fully saturated rings. The minimum atomic E-state index is -3.94. The minimum Gasteiger partial charge on any atom is -0.324 e. The normalized spacial score (nSPS) is 12.9. The molecule has 20 heavy (non-hydrogen) atoms. The first-order valence-corrected chi connectivity index (χ1v) is 8.36. The molecule has 1 aromatic rings. The lowest BCUT2D eigenvalue weighted by atomic mass is 10.3. The maximum atomic E-state index is 12.1. The molecule has 0 saturated heterocycles. The molecule has 0 saturated carbocycles. The number of anilines is 1. The van der Waals surface area contributed by atoms with Gasteiger partial charge in [0.2, 0.25) is 10.0 Å². The van der Waals surface area contributed by atoms with Gasteiger partial charge in [0.05, 0.1) is 10.6 Å². The van der Waals surface area contributed by atoms with E-state index in [0.717, 1.165) is 12.1 Å². The zero-order valence-electron chi connectivity index (χ0n) is 11.0. The predicted molar refractivity (Wildman–Crippen MR) is 79.1 cm³/mol. The molecule has 0 amide bonds. The Bertz CT molecular complexity index is 591. The summed E-state index contributed by atoms with van der Waals surface area (Å²) >= 11 is 1.49. The number of sulfonamides is 1. The number of rotatable bonds is 7. The van der Waals surface area contributed by atoms with Gasteiger partial charge in [-0.05, 0) is 18.4 Å². The average Bonchev–Trinajstić information content (AvgIpc) is 2.43. The van der Waals surface area contributed by atoms with Crippen LogP contribution in [0.4, 0.5) is 11.4 Å². The van der Waals surface area contributed by atoms with Crippen LogP contribution in [0.25, 0.3) is 0 Å². The molecule has 112 valence electrons. The van der Waals surface area contributed by atoms with E-state index < -0.39 is 20.6 Å². The van der Waals surface area contributed by atoms with Gasteiger partial charge in [0, 0.05) is 17.9 Å². The van der Waals surface area contributed by atoms with E-state index in [9.17, 15) is 18.5 Å². The van der Waals surface area contributed by atoms with E-state index >= 15 is 0 Å². The van der Waals surface area contributed by atoms with Crippen LogP contribution in [0.3, 0.4) is 0 Å². The van der Waals surface area contributed by atoms with Crippen molar-refractivity contribution >= 4 is 33.2 Å². The Kier molecular flexibility index (Phi) is 5.74. The van der Waals surface area contributed by atoms with Crippen molar-refractivity contribution in [3.8, 4) is 0 Å². The first kappa shape index (κ1) is 16.7. The molecule has 8 nitrogen and oxygen atoms in total. The van der Waals surface area contributed by atoms with Gasteiger partial charge in [-0.15, -0.1) is 0 Å². The monoisotopic (exact) mass is 320 g/mol. The summed E-state index contributed by atoms with van der Waals surface area (Å²) in [5.74, 6) is 5.15. The lowest BCUT2D eigenvalue weighted by Crippen LogP contribution is -2.30. The Hall–Kier alpha value is -1.36. The highest BCUT2D eigenvalue weighted by Gasteiger charge is 2.26. The second kappa shape index (κ2) is 6.88. The number of hydrogen-bond donors (Lipinski definition) is 3. The zero-order chi connectivity index (χ0) is 15.3. The summed E-state index contributed by atoms with van der Waals surface area (Å²) in [7, 11) is -3.94. The summed E-state index contributed by atoms with van der Waals surface area (Å²) < 4.78 is 26.6. The van der Waals surface area contributed by atoms with E-state index in [1.807, 2.05) is 13.2 Å². The number of nitrogens with two attached hydrogens (primary N) is 1. The van der Waals surface area contributed by atoms with Gasteiger partial charge in [0.25, 0.3) is 5.69 Å². The Morgan fingerprint density at radius 1 is 1.50 bits per heavy atom. The molecule has 0 spiro atoms. The largest absolute Gasteiger partial charge is 0.324 e. The number of hydrazine groups is 1. The third-order valence-corrected chi connectivity index (χ3v) is 5.02. The third kappa shape index (κ3) is 4.07. The van der Waals surface area contributed by atoms with E-state index in [1.165, 1.54) is 17.8 Å². The average molecular weight is 320 g/mol. The van der Waals surface area contributed by atoms with Crippen LogP contribution in [-0.2, 0) is 10.0 Å². The van der Waals surface area contributed by atoms with Crippen molar-refractivity contribution in [1.82, 2.24) is 4.72 Å². The molecule has 0 bridgehead atoms. The molecule has 10 heteroatoms. The van der Waals surface area contributed by atoms with E-state index in [1.54, 1.807) is 0 Å². The number of hydrogen-bond acceptors (Lipinski definition) is 7. The highest BCUT2D eigenvalue weighted by atomic mass is 32.2. The number of nitrogen functional groups attached to an aromatic ring is 1. The predicted octanol–water partition coefficient (Wildman–Crippen LogP) is 0.910. The van der Waals surface area contributed by atoms with Crippen molar-refractivity contribution in [3.05, 3.63) is 28.3 Å². The molecule has 0 heterocycles. The van der Waals surface area contributed by atoms with Crippen LogP contribution in [0.1, 0.15) is 6.92 Å². The Morgan fingerprint density at radius 3 is 2.65 bits per heavy atom. The van der Waals surface area contributed by atoms with Crippen LogP contribution >= 0.6 is 11.8 Å². The van der Waals surface area contributed by atoms with Crippen LogP contribution < -0.4 is 16.0 Å². The van der Waals surface area contributed by atoms with Crippen LogP contribution in [0.5, 0.6) is 0 Å². The van der Waals surface area contributed by atoms with Crippen molar-refractivity contribution in [2.45, 2.75) is 17.1 Å². The fourth-order valence-corrected chi connectivity index (χ4v) is 3.00. The third-order valence-electron chi connectivity index (χ3n) is 2.57. The maximum Gasteiger partial charge on any atom is 0.291 e. The summed E-state index contributed by atoms with van der Waals surface area (Å²) in [6.45, 7) is 2.04. The van der Waals surface area contributed by atoms with Crippen molar-refractivity contribution in [3.63, 3.8) is 0 Å². The number of benzene rings is 1. The highest BCUT2D eigenvalue weighted by molar-refractivity contribution is 7.99. The van der Waals surface area contributed by atoms with Gasteiger partial charge in [-0.25, -0.2) is 13.1 Å². The second-order valence-corrected chi connectivity index (χ2v) is 6.99. The molecule has 0 aliphatic rings. The quantitative estimate of drug-likeness (QED) is 0.387. The molecule has 1 atom stereocenters. The Balaban J connectivity index is 3.14. The van der Waals surface area contributed by atoms with Gasteiger partial charge in [-0.1, -0.05) is 6.92 Å². The lowest BCUT2D eigenvalue weighted by molar-refractivity contribution is -0.387. The standard InChI is InChI=1S/C10H16N4O4S2/c1-7(19-2)6-12-20(17,18)10-4-3-8(13-11)5-9(10)14(15)16/h3-5,7,12-13H,6,11H2,1-2H3. The summed E-state index contributed by atoms with van der Waals surface area (Å²) in [6.07, 6.45) is 1.85. The van der Waals surface area contributed by atoms with Crippen molar-refractivity contribution in [2.24, 2.45) is 5.84 Å². The Morgan fingerprint density at radius 2 is 2.15 bits per heavy atom. The van der Waals surface area contributed by atoms with Gasteiger partial charge in [0.1, 0.15) is 0 Å². The van der Waals surface area contributed by atoms with Crippen LogP contribution in [-0.4, -0.2) is 31.4 Å². The summed E-state index contributed by atoms with van der Waals surface area (Å²) in [4.78, 5) is 9.84. The lowest BCUT2D eigenvalue weighted by Gasteiger charge is -2.11. The van der Waals surface area contributed by atoms with Gasteiger partial charge >= 0.3 is 0 Å². The van der Waals surface area contributed by atoms with E-state index in [-0.39, 0.29) is 22.4 Å². The fourth-order valence-electron chi connectivity index (χ4n) is 1.37. The van der Waals surface area contributed by atoms with Gasteiger partial charge in [-0.3, -0.25) is 16.0 Å². The van der Waals surface area contributed by atoms with E-state index in [0.29, 0.717) is 0 Å². The molecule has 1 rings (SSSR count). The van der Waals surface area contributed by atoms with Crippen molar-refractivity contribution in [1.29, 1.82) is 0 Å². The number of thioether (sulfide) groups is 1. The summed E-state index contributed by atoms with van der Waals surface area (Å²) in [5, 5.41) is 11.0. The van der Waals surface area contributed by atoms with Gasteiger partial charge in [-0.2, -0.15) is 11.8 Å². The van der Waals surface area contributed by atoms with Crippen LogP contribution in [0, 0.1) is 10.1 Å². The molecule has 1 aromatic carbocycles. The summed E-state index contributed by atoms with van der Waals surface area (Å²) in [5.41, 5.74) is 1.97. The molecule has 0 aromatic heterocycles. The fraction of sp³-hybridized carbons (Fsp3) is 0.400. The SMILES string of the molecule is CSC(C)CNS(=O)(=O)c1ccc(NN)cc1[N+](=O)[O-]. The number of nitrogens with one attached hydrogen (secondary N) is 2. The first-order chi connectivity index (χ1) is 9.31. The van der Waals surface area contributed by atoms with Crippen molar-refractivity contribution in [2.75, 3.05) is 18.2 Å². The number of nitrogens with zero attached hydrogens (tertiary/aromatic N) is 1. The molecule has 0 aliphatic carbocycles. The topological polar surface area (TPSA) is 127 Å². The molecule has 0 aliphatic heterocycles. The van der Waals surface area contributed by atoms with E-state index in [4.69, 9.17) is 5.84 Å². The molecular formula is C10H16N4O4S2. The molecular weight excluding hydrogens is 304 g/mol. The highest BCUT2D eigenvalue weighted by Crippen LogP contribution is 2.26.